The molecule has 2 rings (SSSR count). The highest BCUT2D eigenvalue weighted by atomic mass is 32.2. The summed E-state index contributed by atoms with van der Waals surface area (Å²) in [6.45, 7) is 6.25. The predicted octanol–water partition coefficient (Wildman–Crippen LogP) is 3.37. The van der Waals surface area contributed by atoms with Gasteiger partial charge in [0.05, 0.1) is 6.04 Å². The SMILES string of the molecule is CCSCC(C)N1C(=O)C(C)NC1c1ccc(SC)cc1. The molecule has 21 heavy (non-hydrogen) atoms. The summed E-state index contributed by atoms with van der Waals surface area (Å²) in [6, 6.07) is 8.63. The average Bonchev–Trinajstić information content (AvgIpc) is 2.80. The monoisotopic (exact) mass is 324 g/mol. The van der Waals surface area contributed by atoms with Crippen molar-refractivity contribution in [3.05, 3.63) is 29.8 Å². The van der Waals surface area contributed by atoms with Crippen molar-refractivity contribution >= 4 is 29.4 Å². The highest BCUT2D eigenvalue weighted by Crippen LogP contribution is 2.29. The van der Waals surface area contributed by atoms with Gasteiger partial charge in [-0.2, -0.15) is 11.8 Å². The van der Waals surface area contributed by atoms with E-state index in [-0.39, 0.29) is 24.2 Å². The first-order valence-electron chi connectivity index (χ1n) is 7.38. The third kappa shape index (κ3) is 3.76. The van der Waals surface area contributed by atoms with E-state index in [1.807, 2.05) is 23.6 Å². The van der Waals surface area contributed by atoms with Crippen LogP contribution in [0.4, 0.5) is 0 Å². The lowest BCUT2D eigenvalue weighted by atomic mass is 10.1. The average molecular weight is 325 g/mol. The van der Waals surface area contributed by atoms with Crippen molar-refractivity contribution in [1.29, 1.82) is 0 Å². The molecule has 1 saturated heterocycles. The smallest absolute Gasteiger partial charge is 0.241 e. The summed E-state index contributed by atoms with van der Waals surface area (Å²) < 4.78 is 0. The molecule has 0 radical (unpaired) electrons. The summed E-state index contributed by atoms with van der Waals surface area (Å²) in [7, 11) is 0. The van der Waals surface area contributed by atoms with Crippen LogP contribution in [-0.2, 0) is 4.79 Å². The van der Waals surface area contributed by atoms with Gasteiger partial charge in [-0.05, 0) is 43.6 Å². The molecule has 5 heteroatoms. The lowest BCUT2D eigenvalue weighted by Gasteiger charge is -2.30. The van der Waals surface area contributed by atoms with Gasteiger partial charge in [0.2, 0.25) is 5.91 Å². The number of thioether (sulfide) groups is 2. The van der Waals surface area contributed by atoms with Gasteiger partial charge in [-0.25, -0.2) is 0 Å². The maximum atomic E-state index is 12.5. The quantitative estimate of drug-likeness (QED) is 0.813. The minimum Gasteiger partial charge on any atom is -0.318 e. The van der Waals surface area contributed by atoms with Crippen LogP contribution in [0.15, 0.2) is 29.2 Å². The summed E-state index contributed by atoms with van der Waals surface area (Å²) in [4.78, 5) is 15.7. The van der Waals surface area contributed by atoms with Gasteiger partial charge in [0.15, 0.2) is 0 Å². The van der Waals surface area contributed by atoms with Crippen molar-refractivity contribution in [3.63, 3.8) is 0 Å². The largest absolute Gasteiger partial charge is 0.318 e. The van der Waals surface area contributed by atoms with E-state index in [1.54, 1.807) is 11.8 Å². The van der Waals surface area contributed by atoms with E-state index < -0.39 is 0 Å². The molecular weight excluding hydrogens is 300 g/mol. The van der Waals surface area contributed by atoms with E-state index in [0.29, 0.717) is 0 Å². The van der Waals surface area contributed by atoms with Crippen molar-refractivity contribution in [3.8, 4) is 0 Å². The van der Waals surface area contributed by atoms with Gasteiger partial charge in [-0.3, -0.25) is 10.1 Å². The van der Waals surface area contributed by atoms with E-state index in [0.717, 1.165) is 11.5 Å². The van der Waals surface area contributed by atoms with Gasteiger partial charge in [-0.1, -0.05) is 19.1 Å². The summed E-state index contributed by atoms with van der Waals surface area (Å²) in [5.41, 5.74) is 1.17. The Morgan fingerprint density at radius 1 is 1.33 bits per heavy atom. The van der Waals surface area contributed by atoms with E-state index in [9.17, 15) is 4.79 Å². The van der Waals surface area contributed by atoms with Gasteiger partial charge in [0.1, 0.15) is 6.17 Å². The molecule has 116 valence electrons. The number of nitrogens with one attached hydrogen (secondary N) is 1. The standard InChI is InChI=1S/C16H24N2OS2/c1-5-21-10-11(2)18-15(17-12(3)16(18)19)13-6-8-14(20-4)9-7-13/h6-9,11-12,15,17H,5,10H2,1-4H3. The summed E-state index contributed by atoms with van der Waals surface area (Å²) in [5, 5.41) is 3.43. The minimum atomic E-state index is -0.107. The van der Waals surface area contributed by atoms with Crippen LogP contribution in [0.5, 0.6) is 0 Å². The molecule has 1 amide bonds. The second-order valence-electron chi connectivity index (χ2n) is 5.32. The lowest BCUT2D eigenvalue weighted by molar-refractivity contribution is -0.131. The summed E-state index contributed by atoms with van der Waals surface area (Å²) in [5.74, 6) is 2.27. The predicted molar refractivity (Wildman–Crippen MR) is 92.9 cm³/mol. The molecule has 0 aliphatic carbocycles. The van der Waals surface area contributed by atoms with Crippen molar-refractivity contribution in [2.24, 2.45) is 0 Å². The van der Waals surface area contributed by atoms with Gasteiger partial charge in [0, 0.05) is 16.7 Å². The summed E-state index contributed by atoms with van der Waals surface area (Å²) >= 11 is 3.62. The van der Waals surface area contributed by atoms with Crippen LogP contribution in [0.25, 0.3) is 0 Å². The van der Waals surface area contributed by atoms with Crippen molar-refractivity contribution in [2.45, 2.75) is 43.9 Å². The summed E-state index contributed by atoms with van der Waals surface area (Å²) in [6.07, 6.45) is 2.07. The molecule has 0 bridgehead atoms. The van der Waals surface area contributed by atoms with E-state index >= 15 is 0 Å². The maximum Gasteiger partial charge on any atom is 0.241 e. The van der Waals surface area contributed by atoms with Crippen molar-refractivity contribution < 1.29 is 4.79 Å². The van der Waals surface area contributed by atoms with Crippen LogP contribution >= 0.6 is 23.5 Å². The number of rotatable bonds is 6. The van der Waals surface area contributed by atoms with Gasteiger partial charge in [-0.15, -0.1) is 11.8 Å². The number of hydrogen-bond donors (Lipinski definition) is 1. The maximum absolute atomic E-state index is 12.5. The number of carbonyl (C=O) groups excluding carboxylic acids is 1. The van der Waals surface area contributed by atoms with Crippen LogP contribution in [0.2, 0.25) is 0 Å². The van der Waals surface area contributed by atoms with E-state index in [1.165, 1.54) is 10.5 Å². The van der Waals surface area contributed by atoms with Crippen LogP contribution in [0.1, 0.15) is 32.5 Å². The number of carbonyl (C=O) groups is 1. The molecule has 3 nitrogen and oxygen atoms in total. The lowest BCUT2D eigenvalue weighted by Crippen LogP contribution is -2.39. The zero-order valence-corrected chi connectivity index (χ0v) is 14.8. The Hall–Kier alpha value is -0.650. The molecule has 1 N–H and O–H groups in total. The molecule has 3 unspecified atom stereocenters. The molecular formula is C16H24N2OS2. The Balaban J connectivity index is 2.20. The van der Waals surface area contributed by atoms with Gasteiger partial charge in [0.25, 0.3) is 0 Å². The normalized spacial score (nSPS) is 23.6. The van der Waals surface area contributed by atoms with Crippen LogP contribution in [0.3, 0.4) is 0 Å². The first-order chi connectivity index (χ1) is 10.1. The van der Waals surface area contributed by atoms with Crippen LogP contribution < -0.4 is 5.32 Å². The number of benzene rings is 1. The highest BCUT2D eigenvalue weighted by molar-refractivity contribution is 7.99. The van der Waals surface area contributed by atoms with Crippen LogP contribution in [-0.4, -0.2) is 40.7 Å². The van der Waals surface area contributed by atoms with E-state index in [4.69, 9.17) is 0 Å². The second kappa shape index (κ2) is 7.56. The first kappa shape index (κ1) is 16.7. The minimum absolute atomic E-state index is 0.00383. The molecule has 1 heterocycles. The molecule has 1 aliphatic heterocycles. The Morgan fingerprint density at radius 2 is 2.00 bits per heavy atom. The van der Waals surface area contributed by atoms with Crippen molar-refractivity contribution in [1.82, 2.24) is 10.2 Å². The van der Waals surface area contributed by atoms with Crippen molar-refractivity contribution in [2.75, 3.05) is 17.8 Å². The molecule has 1 aromatic rings. The second-order valence-corrected chi connectivity index (χ2v) is 7.52. The van der Waals surface area contributed by atoms with E-state index in [2.05, 4.69) is 49.7 Å². The molecule has 1 aromatic carbocycles. The Labute approximate surface area is 136 Å². The fourth-order valence-corrected chi connectivity index (χ4v) is 3.77. The third-order valence-corrected chi connectivity index (χ3v) is 5.65. The molecule has 0 spiro atoms. The Kier molecular flexibility index (Phi) is 6.02. The fourth-order valence-electron chi connectivity index (χ4n) is 2.62. The topological polar surface area (TPSA) is 32.3 Å². The first-order valence-corrected chi connectivity index (χ1v) is 9.76. The number of amides is 1. The van der Waals surface area contributed by atoms with Gasteiger partial charge < -0.3 is 4.90 Å². The molecule has 1 aliphatic rings. The fraction of sp³-hybridized carbons (Fsp3) is 0.562. The highest BCUT2D eigenvalue weighted by Gasteiger charge is 2.39. The third-order valence-electron chi connectivity index (χ3n) is 3.78. The number of hydrogen-bond acceptors (Lipinski definition) is 4. The van der Waals surface area contributed by atoms with Gasteiger partial charge >= 0.3 is 0 Å². The molecule has 1 fully saturated rings. The Morgan fingerprint density at radius 3 is 2.57 bits per heavy atom. The van der Waals surface area contributed by atoms with Crippen LogP contribution in [0, 0.1) is 0 Å². The number of nitrogens with zero attached hydrogens (tertiary/aromatic N) is 1. The molecule has 0 saturated carbocycles. The Bertz CT molecular complexity index is 478. The zero-order chi connectivity index (χ0) is 15.4. The molecule has 3 atom stereocenters. The zero-order valence-electron chi connectivity index (χ0n) is 13.1. The molecule has 0 aromatic heterocycles.